The van der Waals surface area contributed by atoms with Crippen LogP contribution < -0.4 is 0 Å². The maximum absolute atomic E-state index is 14.9. The number of pyridine rings is 2. The van der Waals surface area contributed by atoms with Crippen LogP contribution in [0.5, 0.6) is 0 Å². The fourth-order valence-electron chi connectivity index (χ4n) is 10.3. The zero-order valence-electron chi connectivity index (χ0n) is 41.6. The molecule has 10 aromatic carbocycles. The largest absolute Gasteiger partial charge is 0.247 e. The average molecular weight is 1100 g/mol. The summed E-state index contributed by atoms with van der Waals surface area (Å²) < 4.78 is 90.3. The van der Waals surface area contributed by atoms with E-state index in [4.69, 9.17) is 15.2 Å². The molecule has 382 valence electrons. The van der Waals surface area contributed by atoms with Gasteiger partial charge in [0.2, 0.25) is 0 Å². The van der Waals surface area contributed by atoms with Gasteiger partial charge >= 0.3 is 0 Å². The molecule has 0 aliphatic carbocycles. The van der Waals surface area contributed by atoms with E-state index in [-0.39, 0.29) is 16.7 Å². The highest BCUT2D eigenvalue weighted by Crippen LogP contribution is 2.41. The van der Waals surface area contributed by atoms with Crippen molar-refractivity contribution in [3.8, 4) is 85.2 Å². The molecule has 4 heterocycles. The number of fused-ring (bicyclic) bond motifs is 10. The van der Waals surface area contributed by atoms with Crippen molar-refractivity contribution in [3.63, 3.8) is 0 Å². The molecular weight excluding hydrogens is 1070 g/mol. The Morgan fingerprint density at radius 3 is 1.28 bits per heavy atom. The van der Waals surface area contributed by atoms with Gasteiger partial charge in [-0.15, -0.1) is 0 Å². The van der Waals surface area contributed by atoms with E-state index in [1.807, 2.05) is 133 Å². The molecule has 16 heteroatoms. The molecule has 14 rings (SSSR count). The quantitative estimate of drug-likeness (QED) is 0.117. The average Bonchev–Trinajstić information content (AvgIpc) is 4.42. The molecule has 0 atom stereocenters. The number of hydrogen-bond donors (Lipinski definition) is 0. The van der Waals surface area contributed by atoms with Gasteiger partial charge in [-0.3, -0.25) is 0 Å². The van der Waals surface area contributed by atoms with Crippen LogP contribution in [0.4, 0.5) is 22.0 Å². The molecule has 14 aromatic rings. The maximum atomic E-state index is 14.9. The second-order valence-corrected chi connectivity index (χ2v) is 19.8. The molecule has 81 heavy (non-hydrogen) atoms. The minimum absolute atomic E-state index is 0.00825. The molecule has 4 aromatic heterocycles. The predicted molar refractivity (Wildman–Crippen MR) is 307 cm³/mol. The topological polar surface area (TPSA) is 149 Å². The summed E-state index contributed by atoms with van der Waals surface area (Å²) >= 11 is 2.35. The van der Waals surface area contributed by atoms with Crippen LogP contribution in [0.15, 0.2) is 182 Å². The van der Waals surface area contributed by atoms with Crippen molar-refractivity contribution in [2.75, 3.05) is 0 Å². The molecule has 0 unspecified atom stereocenters. The molecule has 0 N–H and O–H groups in total. The SMILES string of the molecule is N#Cc1c(F)cc(F)c(-c2ccc(-c3ccc4c(c3)nc(-c3ccccc3)c3ccc5nsnc5c34)cc2)c1F.N#Cc1cc(-c2ccc(-c3ccc4c(c3)nc(-c3ccccc3)c3ccc5nsnc5c34)cc2)c(F)c(C#N)c1F. The van der Waals surface area contributed by atoms with E-state index in [9.17, 15) is 32.5 Å². The summed E-state index contributed by atoms with van der Waals surface area (Å²) in [5.74, 6) is -5.65. The lowest BCUT2D eigenvalue weighted by Gasteiger charge is -2.12. The highest BCUT2D eigenvalue weighted by atomic mass is 32.1. The third kappa shape index (κ3) is 8.58. The lowest BCUT2D eigenvalue weighted by molar-refractivity contribution is 0.543. The number of halogens is 5. The van der Waals surface area contributed by atoms with E-state index in [0.717, 1.165) is 116 Å². The Balaban J connectivity index is 0.000000153. The molecule has 0 bridgehead atoms. The molecule has 0 fully saturated rings. The van der Waals surface area contributed by atoms with Crippen LogP contribution in [0.1, 0.15) is 16.7 Å². The minimum Gasteiger partial charge on any atom is -0.247 e. The van der Waals surface area contributed by atoms with E-state index in [1.165, 1.54) is 35.6 Å². The molecule has 9 nitrogen and oxygen atoms in total. The number of nitrogens with zero attached hydrogens (tertiary/aromatic N) is 9. The Morgan fingerprint density at radius 1 is 0.346 bits per heavy atom. The molecule has 0 radical (unpaired) electrons. The first-order chi connectivity index (χ1) is 39.6. The van der Waals surface area contributed by atoms with E-state index < -0.39 is 45.8 Å². The van der Waals surface area contributed by atoms with Crippen molar-refractivity contribution in [1.82, 2.24) is 27.5 Å². The van der Waals surface area contributed by atoms with Crippen molar-refractivity contribution >= 4 is 88.9 Å². The summed E-state index contributed by atoms with van der Waals surface area (Å²) in [6.07, 6.45) is 0. The lowest BCUT2D eigenvalue weighted by atomic mass is 9.95. The highest BCUT2D eigenvalue weighted by molar-refractivity contribution is 7.00. The van der Waals surface area contributed by atoms with Crippen LogP contribution in [-0.4, -0.2) is 27.5 Å². The molecular formula is C65H30F5N9S2. The van der Waals surface area contributed by atoms with Gasteiger partial charge in [0.15, 0.2) is 17.5 Å². The number of rotatable bonds is 6. The van der Waals surface area contributed by atoms with Gasteiger partial charge in [0.05, 0.1) is 57.0 Å². The third-order valence-electron chi connectivity index (χ3n) is 14.2. The van der Waals surface area contributed by atoms with Crippen molar-refractivity contribution in [2.24, 2.45) is 0 Å². The van der Waals surface area contributed by atoms with Gasteiger partial charge in [-0.25, -0.2) is 31.9 Å². The third-order valence-corrected chi connectivity index (χ3v) is 15.3. The second-order valence-electron chi connectivity index (χ2n) is 18.7. The Bertz CT molecular complexity index is 5030. The first-order valence-electron chi connectivity index (χ1n) is 24.8. The van der Waals surface area contributed by atoms with Crippen molar-refractivity contribution in [1.29, 1.82) is 15.8 Å². The fraction of sp³-hybridized carbons (Fsp3) is 0. The van der Waals surface area contributed by atoms with Crippen LogP contribution >= 0.6 is 23.5 Å². The molecule has 0 aliphatic rings. The maximum Gasteiger partial charge on any atom is 0.161 e. The molecule has 0 spiro atoms. The Kier molecular flexibility index (Phi) is 12.5. The Morgan fingerprint density at radius 2 is 0.802 bits per heavy atom. The Labute approximate surface area is 464 Å². The smallest absolute Gasteiger partial charge is 0.161 e. The van der Waals surface area contributed by atoms with Crippen molar-refractivity contribution < 1.29 is 22.0 Å². The van der Waals surface area contributed by atoms with E-state index >= 15 is 0 Å². The first kappa shape index (κ1) is 49.8. The van der Waals surface area contributed by atoms with E-state index in [1.54, 1.807) is 42.5 Å². The number of hydrogen-bond acceptors (Lipinski definition) is 11. The predicted octanol–water partition coefficient (Wildman–Crippen LogP) is 17.1. The molecule has 0 saturated carbocycles. The zero-order valence-corrected chi connectivity index (χ0v) is 43.2. The summed E-state index contributed by atoms with van der Waals surface area (Å²) in [6.45, 7) is 0. The number of benzene rings is 10. The monoisotopic (exact) mass is 1100 g/mol. The fourth-order valence-corrected chi connectivity index (χ4v) is 11.4. The van der Waals surface area contributed by atoms with E-state index in [0.29, 0.717) is 11.6 Å². The van der Waals surface area contributed by atoms with E-state index in [2.05, 4.69) is 17.5 Å². The van der Waals surface area contributed by atoms with Gasteiger partial charge < -0.3 is 0 Å². The number of aromatic nitrogens is 6. The van der Waals surface area contributed by atoms with Crippen LogP contribution in [0.25, 0.3) is 132 Å². The van der Waals surface area contributed by atoms with Gasteiger partial charge in [0, 0.05) is 55.1 Å². The normalized spacial score (nSPS) is 11.2. The molecule has 0 amide bonds. The first-order valence-corrected chi connectivity index (χ1v) is 26.3. The van der Waals surface area contributed by atoms with Gasteiger partial charge in [-0.05, 0) is 75.8 Å². The highest BCUT2D eigenvalue weighted by Gasteiger charge is 2.23. The summed E-state index contributed by atoms with van der Waals surface area (Å²) in [7, 11) is 0. The van der Waals surface area contributed by atoms with Crippen LogP contribution in [0.2, 0.25) is 0 Å². The summed E-state index contributed by atoms with van der Waals surface area (Å²) in [6, 6.07) is 59.8. The van der Waals surface area contributed by atoms with Gasteiger partial charge in [0.1, 0.15) is 63.0 Å². The van der Waals surface area contributed by atoms with Gasteiger partial charge in [-0.1, -0.05) is 133 Å². The number of nitriles is 3. The van der Waals surface area contributed by atoms with Crippen LogP contribution in [-0.2, 0) is 0 Å². The zero-order chi connectivity index (χ0) is 55.5. The van der Waals surface area contributed by atoms with Gasteiger partial charge in [0.25, 0.3) is 0 Å². The lowest BCUT2D eigenvalue weighted by Crippen LogP contribution is -1.98. The van der Waals surface area contributed by atoms with Crippen LogP contribution in [0.3, 0.4) is 0 Å². The molecule has 0 aliphatic heterocycles. The molecule has 0 saturated heterocycles. The van der Waals surface area contributed by atoms with Crippen molar-refractivity contribution in [3.05, 3.63) is 228 Å². The minimum atomic E-state index is -1.23. The van der Waals surface area contributed by atoms with Crippen molar-refractivity contribution in [2.45, 2.75) is 0 Å². The van der Waals surface area contributed by atoms with Crippen LogP contribution in [0, 0.1) is 63.1 Å². The summed E-state index contributed by atoms with van der Waals surface area (Å²) in [4.78, 5) is 10.1. The van der Waals surface area contributed by atoms with Gasteiger partial charge in [-0.2, -0.15) is 33.3 Å². The summed E-state index contributed by atoms with van der Waals surface area (Å²) in [5, 5.41) is 33.4. The second kappa shape index (κ2) is 20.3. The Hall–Kier alpha value is -10.7. The standard InChI is InChI=1S/C33H15F2N5S.C32H15F3N4S/c34-30-22(16-36)14-25(31(35)26(30)17-37)19-8-6-18(7-9-19)21-10-11-23-28(15-21)38-32(20-4-2-1-3-5-20)24-12-13-27-33(29(23)24)40-41-39-27;33-24-15-25(34)28(30(35)23(24)16-36)18-8-6-17(7-9-18)20-10-11-21-27(14-20)37-31(19-4-2-1-3-5-19)22-12-13-26-32(29(21)22)39-40-38-26/h1-15H;1-15H. The summed E-state index contributed by atoms with van der Waals surface area (Å²) in [5.41, 5.74) is 10.1.